The summed E-state index contributed by atoms with van der Waals surface area (Å²) in [6, 6.07) is 11.4. The first-order valence-corrected chi connectivity index (χ1v) is 11.4. The molecule has 1 spiro atoms. The molecule has 1 aliphatic carbocycles. The van der Waals surface area contributed by atoms with Crippen LogP contribution >= 0.6 is 0 Å². The first-order valence-electron chi connectivity index (χ1n) is 11.4. The van der Waals surface area contributed by atoms with Crippen LogP contribution in [0.5, 0.6) is 5.75 Å². The average Bonchev–Trinajstić information content (AvgIpc) is 2.77. The Morgan fingerprint density at radius 3 is 2.51 bits per heavy atom. The van der Waals surface area contributed by atoms with Crippen molar-refractivity contribution in [2.24, 2.45) is 11.3 Å². The molecule has 178 valence electrons. The van der Waals surface area contributed by atoms with Crippen LogP contribution in [0.4, 0.5) is 8.78 Å². The highest BCUT2D eigenvalue weighted by Gasteiger charge is 2.49. The Labute approximate surface area is 202 Å². The van der Waals surface area contributed by atoms with Crippen molar-refractivity contribution in [3.63, 3.8) is 0 Å². The number of pyridine rings is 1. The van der Waals surface area contributed by atoms with Gasteiger partial charge in [-0.3, -0.25) is 4.79 Å². The molecule has 1 aliphatic heterocycles. The number of nitrogens with one attached hydrogen (secondary N) is 1. The zero-order valence-corrected chi connectivity index (χ0v) is 19.1. The van der Waals surface area contributed by atoms with E-state index in [1.165, 1.54) is 30.3 Å². The van der Waals surface area contributed by atoms with E-state index >= 15 is 0 Å². The first-order chi connectivity index (χ1) is 16.8. The number of halogens is 2. The lowest BCUT2D eigenvalue weighted by atomic mass is 9.61. The van der Waals surface area contributed by atoms with Crippen LogP contribution in [0.15, 0.2) is 54.6 Å². The number of phenols is 1. The van der Waals surface area contributed by atoms with E-state index < -0.39 is 23.6 Å². The lowest BCUT2D eigenvalue weighted by Gasteiger charge is -2.51. The van der Waals surface area contributed by atoms with E-state index in [-0.39, 0.29) is 17.0 Å². The van der Waals surface area contributed by atoms with Crippen molar-refractivity contribution in [1.29, 1.82) is 0 Å². The summed E-state index contributed by atoms with van der Waals surface area (Å²) in [4.78, 5) is 17.6. The highest BCUT2D eigenvalue weighted by atomic mass is 19.1. The molecule has 5 nitrogen and oxygen atoms in total. The molecular weight excluding hydrogens is 450 g/mol. The molecule has 0 radical (unpaired) electrons. The molecule has 3 aromatic rings. The maximum Gasteiger partial charge on any atom is 0.270 e. The van der Waals surface area contributed by atoms with Gasteiger partial charge in [0.15, 0.2) is 0 Å². The third-order valence-corrected chi connectivity index (χ3v) is 6.56. The number of rotatable bonds is 4. The maximum absolute atomic E-state index is 14.0. The van der Waals surface area contributed by atoms with Crippen molar-refractivity contribution < 1.29 is 23.4 Å². The van der Waals surface area contributed by atoms with Crippen molar-refractivity contribution in [2.75, 3.05) is 13.2 Å². The van der Waals surface area contributed by atoms with Crippen LogP contribution in [0, 0.1) is 41.7 Å². The Bertz CT molecular complexity index is 1330. The van der Waals surface area contributed by atoms with Gasteiger partial charge < -0.3 is 15.2 Å². The number of phenolic OH excluding ortho intramolecular Hbond substituents is 1. The summed E-state index contributed by atoms with van der Waals surface area (Å²) in [5.74, 6) is 5.03. The summed E-state index contributed by atoms with van der Waals surface area (Å²) in [5.41, 5.74) is 2.42. The number of benzene rings is 2. The predicted molar refractivity (Wildman–Crippen MR) is 126 cm³/mol. The monoisotopic (exact) mass is 474 g/mol. The van der Waals surface area contributed by atoms with Gasteiger partial charge in [0.25, 0.3) is 5.91 Å². The van der Waals surface area contributed by atoms with Gasteiger partial charge in [-0.15, -0.1) is 0 Å². The molecule has 5 rings (SSSR count). The van der Waals surface area contributed by atoms with Crippen LogP contribution in [-0.4, -0.2) is 29.2 Å². The van der Waals surface area contributed by atoms with Crippen molar-refractivity contribution in [3.8, 4) is 17.6 Å². The summed E-state index contributed by atoms with van der Waals surface area (Å²) in [6.45, 7) is 3.42. The number of aromatic hydroxyl groups is 1. The molecule has 0 bridgehead atoms. The predicted octanol–water partition coefficient (Wildman–Crippen LogP) is 4.67. The molecule has 2 fully saturated rings. The standard InChI is InChI=1S/C28H24F2N2O3/c1-17-10-18(2-3-19-13-28(14-19)15-35-16-28)11-24(31-17)27(34)32-26(20-4-6-21(29)7-5-20)23-12-22(30)8-9-25(23)33/h4-12,19,26,33H,13-16H2,1H3,(H,32,34). The van der Waals surface area contributed by atoms with Gasteiger partial charge in [0.2, 0.25) is 0 Å². The Kier molecular flexibility index (Phi) is 6.00. The van der Waals surface area contributed by atoms with Gasteiger partial charge >= 0.3 is 0 Å². The minimum atomic E-state index is -0.925. The Balaban J connectivity index is 1.40. The highest BCUT2D eigenvalue weighted by molar-refractivity contribution is 5.93. The van der Waals surface area contributed by atoms with E-state index in [2.05, 4.69) is 22.1 Å². The van der Waals surface area contributed by atoms with Crippen LogP contribution in [0.25, 0.3) is 0 Å². The molecule has 2 aromatic carbocycles. The Hall–Kier alpha value is -3.76. The summed E-state index contributed by atoms with van der Waals surface area (Å²) in [6.07, 6.45) is 2.07. The van der Waals surface area contributed by atoms with Gasteiger partial charge in [-0.05, 0) is 67.8 Å². The van der Waals surface area contributed by atoms with E-state index in [0.29, 0.717) is 28.2 Å². The minimum Gasteiger partial charge on any atom is -0.508 e. The van der Waals surface area contributed by atoms with Crippen molar-refractivity contribution in [3.05, 3.63) is 94.3 Å². The third-order valence-electron chi connectivity index (χ3n) is 6.56. The summed E-state index contributed by atoms with van der Waals surface area (Å²) >= 11 is 0. The van der Waals surface area contributed by atoms with Gasteiger partial charge in [0.1, 0.15) is 23.1 Å². The lowest BCUT2D eigenvalue weighted by Crippen LogP contribution is -2.51. The van der Waals surface area contributed by atoms with Crippen LogP contribution in [0.2, 0.25) is 0 Å². The van der Waals surface area contributed by atoms with Crippen LogP contribution < -0.4 is 5.32 Å². The maximum atomic E-state index is 14.0. The van der Waals surface area contributed by atoms with E-state index in [4.69, 9.17) is 4.74 Å². The van der Waals surface area contributed by atoms with Gasteiger partial charge in [0.05, 0.1) is 19.3 Å². The summed E-state index contributed by atoms with van der Waals surface area (Å²) in [5, 5.41) is 13.2. The number of hydrogen-bond acceptors (Lipinski definition) is 4. The van der Waals surface area contributed by atoms with E-state index in [9.17, 15) is 18.7 Å². The number of amides is 1. The molecular formula is C28H24F2N2O3. The minimum absolute atomic E-state index is 0.148. The van der Waals surface area contributed by atoms with E-state index in [0.717, 1.165) is 38.2 Å². The molecule has 1 amide bonds. The second-order valence-electron chi connectivity index (χ2n) is 9.41. The van der Waals surface area contributed by atoms with Crippen molar-refractivity contribution in [1.82, 2.24) is 10.3 Å². The van der Waals surface area contributed by atoms with Crippen LogP contribution in [0.1, 0.15) is 51.8 Å². The third kappa shape index (κ3) is 4.89. The molecule has 1 atom stereocenters. The quantitative estimate of drug-likeness (QED) is 0.539. The summed E-state index contributed by atoms with van der Waals surface area (Å²) < 4.78 is 32.8. The van der Waals surface area contributed by atoms with E-state index in [1.807, 2.05) is 6.07 Å². The van der Waals surface area contributed by atoms with Crippen LogP contribution in [-0.2, 0) is 4.74 Å². The molecule has 35 heavy (non-hydrogen) atoms. The molecule has 1 saturated heterocycles. The molecule has 2 heterocycles. The number of nitrogens with zero attached hydrogens (tertiary/aromatic N) is 1. The molecule has 2 aliphatic rings. The molecule has 1 aromatic heterocycles. The smallest absolute Gasteiger partial charge is 0.270 e. The van der Waals surface area contributed by atoms with E-state index in [1.54, 1.807) is 13.0 Å². The molecule has 2 N–H and O–H groups in total. The topological polar surface area (TPSA) is 71.5 Å². The number of carbonyl (C=O) groups is 1. The fourth-order valence-electron chi connectivity index (χ4n) is 4.71. The van der Waals surface area contributed by atoms with Crippen molar-refractivity contribution >= 4 is 5.91 Å². The zero-order chi connectivity index (χ0) is 24.6. The van der Waals surface area contributed by atoms with Crippen LogP contribution in [0.3, 0.4) is 0 Å². The largest absolute Gasteiger partial charge is 0.508 e. The fourth-order valence-corrected chi connectivity index (χ4v) is 4.71. The van der Waals surface area contributed by atoms with Gasteiger partial charge in [-0.2, -0.15) is 0 Å². The van der Waals surface area contributed by atoms with Gasteiger partial charge in [-0.25, -0.2) is 13.8 Å². The molecule has 7 heteroatoms. The number of carbonyl (C=O) groups excluding carboxylic acids is 1. The normalized spacial score (nSPS) is 17.0. The Morgan fingerprint density at radius 2 is 1.83 bits per heavy atom. The first kappa shape index (κ1) is 23.0. The SMILES string of the molecule is Cc1cc(C#CC2CC3(COC3)C2)cc(C(=O)NC(c2ccc(F)cc2)c2cc(F)ccc2O)n1. The highest BCUT2D eigenvalue weighted by Crippen LogP contribution is 2.50. The number of hydrogen-bond donors (Lipinski definition) is 2. The molecule has 1 unspecified atom stereocenters. The second-order valence-corrected chi connectivity index (χ2v) is 9.41. The number of aromatic nitrogens is 1. The van der Waals surface area contributed by atoms with Gasteiger partial charge in [0, 0.05) is 28.2 Å². The number of ether oxygens (including phenoxy) is 1. The number of aryl methyl sites for hydroxylation is 1. The lowest BCUT2D eigenvalue weighted by molar-refractivity contribution is -0.169. The second kappa shape index (κ2) is 9.12. The zero-order valence-electron chi connectivity index (χ0n) is 19.1. The average molecular weight is 475 g/mol. The van der Waals surface area contributed by atoms with Crippen molar-refractivity contribution in [2.45, 2.75) is 25.8 Å². The summed E-state index contributed by atoms with van der Waals surface area (Å²) in [7, 11) is 0. The Morgan fingerprint density at radius 1 is 1.11 bits per heavy atom. The van der Waals surface area contributed by atoms with Gasteiger partial charge in [-0.1, -0.05) is 24.0 Å². The fraction of sp³-hybridized carbons (Fsp3) is 0.286. The molecule has 1 saturated carbocycles.